The molecule has 1 aliphatic heterocycles. The summed E-state index contributed by atoms with van der Waals surface area (Å²) in [5.41, 5.74) is -0.242. The fraction of sp³-hybridized carbons (Fsp3) is 0.600. The fourth-order valence-electron chi connectivity index (χ4n) is 1.96. The topological polar surface area (TPSA) is 87.3 Å². The summed E-state index contributed by atoms with van der Waals surface area (Å²) in [6.07, 6.45) is 3.40. The lowest BCUT2D eigenvalue weighted by atomic mass is 10.2. The number of rotatable bonds is 3. The Labute approximate surface area is 97.5 Å². The van der Waals surface area contributed by atoms with E-state index in [2.05, 4.69) is 5.10 Å². The molecule has 0 bridgehead atoms. The van der Waals surface area contributed by atoms with Crippen LogP contribution < -0.4 is 0 Å². The summed E-state index contributed by atoms with van der Waals surface area (Å²) in [6, 6.07) is 0. The maximum Gasteiger partial charge on any atom is 0.318 e. The van der Waals surface area contributed by atoms with Gasteiger partial charge in [0.05, 0.1) is 4.92 Å². The maximum atomic E-state index is 11.5. The number of Topliss-reactive ketones (excluding diaryl/α,β-unsaturated/α-hetero) is 1. The van der Waals surface area contributed by atoms with E-state index in [9.17, 15) is 14.9 Å². The van der Waals surface area contributed by atoms with Gasteiger partial charge < -0.3 is 4.74 Å². The molecule has 0 aliphatic carbocycles. The average Bonchev–Trinajstić information content (AvgIpc) is 2.74. The number of ether oxygens (including phenoxy) is 1. The van der Waals surface area contributed by atoms with Gasteiger partial charge in [-0.1, -0.05) is 0 Å². The Balaban J connectivity index is 2.39. The van der Waals surface area contributed by atoms with Crippen LogP contribution in [0.4, 0.5) is 5.69 Å². The maximum absolute atomic E-state index is 11.5. The molecule has 0 N–H and O–H groups in total. The molecule has 0 saturated carbocycles. The third kappa shape index (κ3) is 2.19. The number of carbonyl (C=O) groups excluding carboxylic acids is 1. The Morgan fingerprint density at radius 1 is 1.65 bits per heavy atom. The van der Waals surface area contributed by atoms with Crippen LogP contribution in [0.1, 0.15) is 42.9 Å². The van der Waals surface area contributed by atoms with E-state index >= 15 is 0 Å². The van der Waals surface area contributed by atoms with Crippen molar-refractivity contribution in [3.63, 3.8) is 0 Å². The van der Waals surface area contributed by atoms with Crippen molar-refractivity contribution in [2.75, 3.05) is 6.61 Å². The molecule has 0 amide bonds. The molecule has 0 aromatic carbocycles. The number of nitrogens with zero attached hydrogens (tertiary/aromatic N) is 3. The highest BCUT2D eigenvalue weighted by Gasteiger charge is 2.29. The van der Waals surface area contributed by atoms with E-state index < -0.39 is 4.92 Å². The predicted molar refractivity (Wildman–Crippen MR) is 57.7 cm³/mol. The van der Waals surface area contributed by atoms with E-state index in [1.807, 2.05) is 0 Å². The summed E-state index contributed by atoms with van der Waals surface area (Å²) in [6.45, 7) is 1.89. The minimum absolute atomic E-state index is 0.0156. The Morgan fingerprint density at radius 2 is 2.41 bits per heavy atom. The van der Waals surface area contributed by atoms with Crippen molar-refractivity contribution in [3.8, 4) is 0 Å². The van der Waals surface area contributed by atoms with E-state index in [1.54, 1.807) is 0 Å². The summed E-state index contributed by atoms with van der Waals surface area (Å²) in [5, 5.41) is 14.7. The van der Waals surface area contributed by atoms with Crippen LogP contribution in [0.2, 0.25) is 0 Å². The molecule has 7 nitrogen and oxygen atoms in total. The van der Waals surface area contributed by atoms with Gasteiger partial charge in [-0.2, -0.15) is 5.10 Å². The first-order valence-electron chi connectivity index (χ1n) is 5.45. The third-order valence-corrected chi connectivity index (χ3v) is 2.73. The number of ketones is 1. The van der Waals surface area contributed by atoms with Gasteiger partial charge in [0.2, 0.25) is 0 Å². The molecule has 2 heterocycles. The molecule has 1 saturated heterocycles. The van der Waals surface area contributed by atoms with Gasteiger partial charge in [0.25, 0.3) is 0 Å². The standard InChI is InChI=1S/C10H13N3O4/c1-7(14)10-8(13(15)16)6-11-12(10)9-4-2-3-5-17-9/h6,9H,2-5H2,1H3/t9-/m0/s1. The predicted octanol–water partition coefficient (Wildman–Crippen LogP) is 1.69. The van der Waals surface area contributed by atoms with Crippen LogP contribution in [0.3, 0.4) is 0 Å². The van der Waals surface area contributed by atoms with Crippen molar-refractivity contribution in [1.82, 2.24) is 9.78 Å². The molecule has 0 spiro atoms. The number of hydrogen-bond donors (Lipinski definition) is 0. The third-order valence-electron chi connectivity index (χ3n) is 2.73. The molecule has 17 heavy (non-hydrogen) atoms. The van der Waals surface area contributed by atoms with Crippen molar-refractivity contribution < 1.29 is 14.5 Å². The molecule has 1 aliphatic rings. The Kier molecular flexibility index (Phi) is 3.19. The average molecular weight is 239 g/mol. The largest absolute Gasteiger partial charge is 0.356 e. The van der Waals surface area contributed by atoms with Crippen LogP contribution in [0.25, 0.3) is 0 Å². The Morgan fingerprint density at radius 3 is 2.94 bits per heavy atom. The van der Waals surface area contributed by atoms with Gasteiger partial charge in [0, 0.05) is 13.5 Å². The smallest absolute Gasteiger partial charge is 0.318 e. The molecular weight excluding hydrogens is 226 g/mol. The van der Waals surface area contributed by atoms with Crippen molar-refractivity contribution in [2.24, 2.45) is 0 Å². The first-order chi connectivity index (χ1) is 8.11. The summed E-state index contributed by atoms with van der Waals surface area (Å²) in [7, 11) is 0. The zero-order valence-electron chi connectivity index (χ0n) is 9.46. The van der Waals surface area contributed by atoms with Gasteiger partial charge in [0.1, 0.15) is 6.20 Å². The molecule has 2 rings (SSSR count). The van der Waals surface area contributed by atoms with Crippen LogP contribution in [0.15, 0.2) is 6.20 Å². The lowest BCUT2D eigenvalue weighted by molar-refractivity contribution is -0.385. The number of aromatic nitrogens is 2. The highest BCUT2D eigenvalue weighted by molar-refractivity contribution is 5.96. The second-order valence-electron chi connectivity index (χ2n) is 3.96. The number of carbonyl (C=O) groups is 1. The number of nitro groups is 1. The Hall–Kier alpha value is -1.76. The molecule has 0 radical (unpaired) electrons. The zero-order valence-corrected chi connectivity index (χ0v) is 9.46. The van der Waals surface area contributed by atoms with Gasteiger partial charge in [-0.15, -0.1) is 0 Å². The quantitative estimate of drug-likeness (QED) is 0.455. The molecular formula is C10H13N3O4. The van der Waals surface area contributed by atoms with E-state index in [1.165, 1.54) is 11.6 Å². The molecule has 0 unspecified atom stereocenters. The molecule has 92 valence electrons. The van der Waals surface area contributed by atoms with Crippen LogP contribution in [-0.4, -0.2) is 27.1 Å². The van der Waals surface area contributed by atoms with Gasteiger partial charge in [-0.3, -0.25) is 14.9 Å². The van der Waals surface area contributed by atoms with Crippen LogP contribution in [-0.2, 0) is 4.74 Å². The number of hydrogen-bond acceptors (Lipinski definition) is 5. The van der Waals surface area contributed by atoms with E-state index in [-0.39, 0.29) is 23.4 Å². The second kappa shape index (κ2) is 4.62. The fourth-order valence-corrected chi connectivity index (χ4v) is 1.96. The SMILES string of the molecule is CC(=O)c1c([N+](=O)[O-])cnn1[C@@H]1CCCCO1. The molecule has 1 atom stereocenters. The lowest BCUT2D eigenvalue weighted by Gasteiger charge is -2.23. The van der Waals surface area contributed by atoms with Crippen LogP contribution >= 0.6 is 0 Å². The van der Waals surface area contributed by atoms with Gasteiger partial charge in [-0.25, -0.2) is 4.68 Å². The zero-order chi connectivity index (χ0) is 12.4. The molecule has 7 heteroatoms. The van der Waals surface area contributed by atoms with E-state index in [0.717, 1.165) is 25.5 Å². The summed E-state index contributed by atoms with van der Waals surface area (Å²) >= 11 is 0. The second-order valence-corrected chi connectivity index (χ2v) is 3.96. The van der Waals surface area contributed by atoms with Gasteiger partial charge in [-0.05, 0) is 19.3 Å². The highest BCUT2D eigenvalue weighted by Crippen LogP contribution is 2.27. The van der Waals surface area contributed by atoms with Crippen LogP contribution in [0.5, 0.6) is 0 Å². The minimum atomic E-state index is -0.594. The summed E-state index contributed by atoms with van der Waals surface area (Å²) < 4.78 is 6.81. The normalized spacial score (nSPS) is 20.2. The first kappa shape index (κ1) is 11.7. The Bertz CT molecular complexity index is 448. The lowest BCUT2D eigenvalue weighted by Crippen LogP contribution is -2.22. The monoisotopic (exact) mass is 239 g/mol. The van der Waals surface area contributed by atoms with E-state index in [0.29, 0.717) is 6.61 Å². The van der Waals surface area contributed by atoms with Crippen molar-refractivity contribution in [1.29, 1.82) is 0 Å². The van der Waals surface area contributed by atoms with Gasteiger partial charge in [0.15, 0.2) is 17.7 Å². The first-order valence-corrected chi connectivity index (χ1v) is 5.45. The summed E-state index contributed by atoms with van der Waals surface area (Å²) in [4.78, 5) is 21.7. The van der Waals surface area contributed by atoms with Gasteiger partial charge >= 0.3 is 5.69 Å². The van der Waals surface area contributed by atoms with Crippen molar-refractivity contribution in [2.45, 2.75) is 32.4 Å². The van der Waals surface area contributed by atoms with E-state index in [4.69, 9.17) is 4.74 Å². The molecule has 1 fully saturated rings. The van der Waals surface area contributed by atoms with Crippen molar-refractivity contribution in [3.05, 3.63) is 22.0 Å². The van der Waals surface area contributed by atoms with Crippen molar-refractivity contribution >= 4 is 11.5 Å². The van der Waals surface area contributed by atoms with Crippen LogP contribution in [0, 0.1) is 10.1 Å². The highest BCUT2D eigenvalue weighted by atomic mass is 16.6. The minimum Gasteiger partial charge on any atom is -0.356 e. The molecule has 1 aromatic rings. The molecule has 1 aromatic heterocycles. The summed E-state index contributed by atoms with van der Waals surface area (Å²) in [5.74, 6) is -0.372.